The Bertz CT molecular complexity index is 2260. The molecule has 0 spiro atoms. The second-order valence-corrected chi connectivity index (χ2v) is 11.0. The number of carboxylic acid groups (broad SMARTS) is 2. The van der Waals surface area contributed by atoms with Crippen molar-refractivity contribution in [3.8, 4) is 0 Å². The zero-order valence-electron chi connectivity index (χ0n) is 22.8. The van der Waals surface area contributed by atoms with Crippen molar-refractivity contribution in [3.63, 3.8) is 0 Å². The molecular weight excluding hydrogens is 556 g/mol. The van der Waals surface area contributed by atoms with Crippen molar-refractivity contribution < 1.29 is 19.8 Å². The Kier molecular flexibility index (Phi) is 6.58. The highest BCUT2D eigenvalue weighted by Crippen LogP contribution is 2.29. The van der Waals surface area contributed by atoms with Gasteiger partial charge in [-0.2, -0.15) is 0 Å². The van der Waals surface area contributed by atoms with Gasteiger partial charge in [0.25, 0.3) is 0 Å². The number of fused-ring (bicyclic) bond motifs is 4. The first-order valence-electron chi connectivity index (χ1n) is 13.3. The van der Waals surface area contributed by atoms with Gasteiger partial charge >= 0.3 is 11.9 Å². The molecule has 6 aromatic rings. The number of aliphatic carboxylic acids is 2. The maximum absolute atomic E-state index is 13.4. The van der Waals surface area contributed by atoms with Crippen molar-refractivity contribution in [2.45, 2.75) is 33.4 Å². The summed E-state index contributed by atoms with van der Waals surface area (Å²) in [6, 6.07) is 19.2. The molecule has 2 heterocycles. The van der Waals surface area contributed by atoms with Crippen LogP contribution in [0.2, 0.25) is 5.02 Å². The van der Waals surface area contributed by atoms with Gasteiger partial charge in [0.1, 0.15) is 13.1 Å². The number of carboxylic acids is 2. The number of rotatable bonds is 6. The van der Waals surface area contributed by atoms with Gasteiger partial charge in [-0.05, 0) is 85.0 Å². The lowest BCUT2D eigenvalue weighted by Crippen LogP contribution is -2.17. The third-order valence-corrected chi connectivity index (χ3v) is 8.13. The molecule has 2 aromatic heterocycles. The summed E-state index contributed by atoms with van der Waals surface area (Å²) in [5.41, 5.74) is 4.85. The highest BCUT2D eigenvalue weighted by atomic mass is 35.5. The molecule has 8 nitrogen and oxygen atoms in total. The van der Waals surface area contributed by atoms with Gasteiger partial charge in [0, 0.05) is 21.5 Å². The van der Waals surface area contributed by atoms with Gasteiger partial charge in [-0.3, -0.25) is 19.2 Å². The number of aromatic nitrogens is 2. The minimum absolute atomic E-state index is 0.163. The molecule has 0 atom stereocenters. The van der Waals surface area contributed by atoms with Gasteiger partial charge in [0.2, 0.25) is 0 Å². The molecule has 0 amide bonds. The van der Waals surface area contributed by atoms with Crippen LogP contribution in [0.5, 0.6) is 0 Å². The van der Waals surface area contributed by atoms with Crippen molar-refractivity contribution in [1.29, 1.82) is 0 Å². The summed E-state index contributed by atoms with van der Waals surface area (Å²) in [4.78, 5) is 50.5. The Morgan fingerprint density at radius 3 is 1.95 bits per heavy atom. The number of nitrogens with zero attached hydrogens (tertiary/aromatic N) is 2. The Labute approximate surface area is 243 Å². The SMILES string of the molecule is Cc1ccc2c(=O)c3ccc(Cc4ccc5c(=O)c6cccc(Cl)c6n(CC(=O)O)c5c4)c(C)c3n(CC(=O)O)c2c1. The van der Waals surface area contributed by atoms with Crippen LogP contribution < -0.4 is 10.9 Å². The lowest BCUT2D eigenvalue weighted by Gasteiger charge is -2.18. The Balaban J connectivity index is 1.58. The van der Waals surface area contributed by atoms with Gasteiger partial charge < -0.3 is 19.3 Å². The number of hydrogen-bond acceptors (Lipinski definition) is 4. The third-order valence-electron chi connectivity index (χ3n) is 7.83. The first-order valence-corrected chi connectivity index (χ1v) is 13.7. The maximum Gasteiger partial charge on any atom is 0.323 e. The normalized spacial score (nSPS) is 11.6. The predicted molar refractivity (Wildman–Crippen MR) is 164 cm³/mol. The summed E-state index contributed by atoms with van der Waals surface area (Å²) in [7, 11) is 0. The minimum atomic E-state index is -1.07. The molecule has 0 fully saturated rings. The molecule has 42 heavy (non-hydrogen) atoms. The summed E-state index contributed by atoms with van der Waals surface area (Å²) in [5.74, 6) is -2.10. The number of carbonyl (C=O) groups is 2. The van der Waals surface area contributed by atoms with Crippen LogP contribution in [0.25, 0.3) is 43.6 Å². The summed E-state index contributed by atoms with van der Waals surface area (Å²) >= 11 is 6.46. The molecule has 2 N–H and O–H groups in total. The van der Waals surface area contributed by atoms with E-state index >= 15 is 0 Å². The van der Waals surface area contributed by atoms with Crippen LogP contribution in [0, 0.1) is 13.8 Å². The number of aryl methyl sites for hydroxylation is 2. The second-order valence-electron chi connectivity index (χ2n) is 10.5. The van der Waals surface area contributed by atoms with Crippen LogP contribution in [0.15, 0.2) is 76.3 Å². The number of benzene rings is 4. The number of hydrogen-bond donors (Lipinski definition) is 2. The predicted octanol–water partition coefficient (Wildman–Crippen LogP) is 5.65. The van der Waals surface area contributed by atoms with E-state index in [1.54, 1.807) is 51.6 Å². The average molecular weight is 581 g/mol. The van der Waals surface area contributed by atoms with Gasteiger partial charge in [0.05, 0.1) is 27.1 Å². The lowest BCUT2D eigenvalue weighted by atomic mass is 9.95. The van der Waals surface area contributed by atoms with Gasteiger partial charge in [0.15, 0.2) is 10.9 Å². The van der Waals surface area contributed by atoms with E-state index in [0.29, 0.717) is 50.0 Å². The highest BCUT2D eigenvalue weighted by Gasteiger charge is 2.19. The molecule has 0 bridgehead atoms. The molecule has 9 heteroatoms. The standard InChI is InChI=1S/C33H25ClN2O6/c1-17-6-9-21-26(12-17)35(15-28(37)38)30-18(2)20(8-11-24(30)33(21)42)13-19-7-10-22-27(14-19)36(16-29(39)40)31-23(32(22)41)4-3-5-25(31)34/h3-12,14H,13,15-16H2,1-2H3,(H,37,38)(H,39,40). The molecule has 0 radical (unpaired) electrons. The maximum atomic E-state index is 13.4. The van der Waals surface area contributed by atoms with E-state index in [1.807, 2.05) is 38.1 Å². The Morgan fingerprint density at radius 2 is 1.29 bits per heavy atom. The number of halogens is 1. The van der Waals surface area contributed by atoms with E-state index in [-0.39, 0.29) is 29.0 Å². The van der Waals surface area contributed by atoms with Crippen molar-refractivity contribution in [3.05, 3.63) is 114 Å². The monoisotopic (exact) mass is 580 g/mol. The van der Waals surface area contributed by atoms with Crippen LogP contribution in [-0.2, 0) is 29.1 Å². The van der Waals surface area contributed by atoms with E-state index in [0.717, 1.165) is 22.3 Å². The zero-order valence-corrected chi connectivity index (χ0v) is 23.5. The largest absolute Gasteiger partial charge is 0.480 e. The molecule has 0 saturated carbocycles. The second kappa shape index (κ2) is 10.2. The molecule has 0 saturated heterocycles. The van der Waals surface area contributed by atoms with Gasteiger partial charge in [-0.25, -0.2) is 0 Å². The summed E-state index contributed by atoms with van der Waals surface area (Å²) in [6.07, 6.45) is 0.395. The molecule has 6 rings (SSSR count). The molecule has 0 unspecified atom stereocenters. The first-order chi connectivity index (χ1) is 20.0. The van der Waals surface area contributed by atoms with Crippen molar-refractivity contribution >= 4 is 67.2 Å². The van der Waals surface area contributed by atoms with Gasteiger partial charge in [-0.1, -0.05) is 35.9 Å². The molecule has 210 valence electrons. The molecular formula is C33H25ClN2O6. The lowest BCUT2D eigenvalue weighted by molar-refractivity contribution is -0.138. The van der Waals surface area contributed by atoms with Crippen LogP contribution in [0.4, 0.5) is 0 Å². The van der Waals surface area contributed by atoms with Crippen LogP contribution in [-0.4, -0.2) is 31.3 Å². The Hall–Kier alpha value is -4.95. The van der Waals surface area contributed by atoms with E-state index in [2.05, 4.69) is 0 Å². The van der Waals surface area contributed by atoms with Gasteiger partial charge in [-0.15, -0.1) is 0 Å². The fourth-order valence-corrected chi connectivity index (χ4v) is 6.22. The topological polar surface area (TPSA) is 119 Å². The summed E-state index contributed by atoms with van der Waals surface area (Å²) in [6.45, 7) is 3.06. The minimum Gasteiger partial charge on any atom is -0.480 e. The fraction of sp³-hybridized carbons (Fsp3) is 0.152. The average Bonchev–Trinajstić information content (AvgIpc) is 2.94. The van der Waals surface area contributed by atoms with E-state index in [9.17, 15) is 29.4 Å². The van der Waals surface area contributed by atoms with E-state index < -0.39 is 11.9 Å². The van der Waals surface area contributed by atoms with Crippen LogP contribution in [0.1, 0.15) is 22.3 Å². The highest BCUT2D eigenvalue weighted by molar-refractivity contribution is 6.35. The number of para-hydroxylation sites is 1. The third kappa shape index (κ3) is 4.40. The molecule has 0 aliphatic carbocycles. The first kappa shape index (κ1) is 27.2. The molecule has 0 aliphatic rings. The quantitative estimate of drug-likeness (QED) is 0.246. The van der Waals surface area contributed by atoms with Crippen molar-refractivity contribution in [2.24, 2.45) is 0 Å². The summed E-state index contributed by atoms with van der Waals surface area (Å²) in [5, 5.41) is 21.3. The van der Waals surface area contributed by atoms with Crippen molar-refractivity contribution in [2.75, 3.05) is 0 Å². The zero-order chi connectivity index (χ0) is 29.9. The Morgan fingerprint density at radius 1 is 0.714 bits per heavy atom. The summed E-state index contributed by atoms with van der Waals surface area (Å²) < 4.78 is 3.23. The van der Waals surface area contributed by atoms with E-state index in [4.69, 9.17) is 11.6 Å². The fourth-order valence-electron chi connectivity index (χ4n) is 5.95. The van der Waals surface area contributed by atoms with E-state index in [1.165, 1.54) is 0 Å². The van der Waals surface area contributed by atoms with Crippen LogP contribution in [0.3, 0.4) is 0 Å². The molecule has 4 aromatic carbocycles. The number of pyridine rings is 2. The molecule has 0 aliphatic heterocycles. The smallest absolute Gasteiger partial charge is 0.323 e. The van der Waals surface area contributed by atoms with Crippen LogP contribution >= 0.6 is 11.6 Å². The van der Waals surface area contributed by atoms with Crippen molar-refractivity contribution in [1.82, 2.24) is 9.13 Å².